The van der Waals surface area contributed by atoms with Crippen LogP contribution in [0.25, 0.3) is 5.69 Å². The van der Waals surface area contributed by atoms with Gasteiger partial charge >= 0.3 is 5.97 Å². The van der Waals surface area contributed by atoms with Gasteiger partial charge < -0.3 is 4.74 Å². The van der Waals surface area contributed by atoms with Gasteiger partial charge in [-0.2, -0.15) is 0 Å². The van der Waals surface area contributed by atoms with Gasteiger partial charge in [-0.3, -0.25) is 14.9 Å². The first-order valence-electron chi connectivity index (χ1n) is 5.73. The highest BCUT2D eigenvalue weighted by atomic mass is 16.6. The second-order valence-corrected chi connectivity index (χ2v) is 4.02. The number of methoxy groups -OCH3 is 1. The van der Waals surface area contributed by atoms with E-state index in [9.17, 15) is 19.7 Å². The second-order valence-electron chi connectivity index (χ2n) is 4.02. The summed E-state index contributed by atoms with van der Waals surface area (Å²) >= 11 is 0. The molecular weight excluding hydrogens is 280 g/mol. The number of ketones is 1. The highest BCUT2D eigenvalue weighted by Gasteiger charge is 2.18. The minimum absolute atomic E-state index is 0.102. The number of hydrogen-bond donors (Lipinski definition) is 0. The fraction of sp³-hybridized carbons (Fsp3) is 0.167. The van der Waals surface area contributed by atoms with Crippen LogP contribution in [0.15, 0.2) is 24.5 Å². The molecule has 0 fully saturated rings. The number of benzene rings is 1. The normalized spacial score (nSPS) is 10.2. The topological polar surface area (TPSA) is 117 Å². The van der Waals surface area contributed by atoms with E-state index in [1.165, 1.54) is 37.2 Å². The zero-order chi connectivity index (χ0) is 15.6. The van der Waals surface area contributed by atoms with Crippen molar-refractivity contribution in [2.24, 2.45) is 0 Å². The molecule has 2 rings (SSSR count). The van der Waals surface area contributed by atoms with Crippen molar-refractivity contribution in [3.05, 3.63) is 46.0 Å². The first-order chi connectivity index (χ1) is 9.93. The number of nitro benzene ring substituents is 1. The van der Waals surface area contributed by atoms with Gasteiger partial charge in [-0.05, 0) is 13.0 Å². The maximum Gasteiger partial charge on any atom is 0.377 e. The number of rotatable bonds is 4. The molecule has 2 aromatic rings. The van der Waals surface area contributed by atoms with Crippen LogP contribution in [0.3, 0.4) is 0 Å². The molecule has 0 saturated carbocycles. The minimum atomic E-state index is -0.722. The molecule has 0 radical (unpaired) electrons. The number of carbonyl (C=O) groups is 2. The molecule has 0 N–H and O–H groups in total. The average Bonchev–Trinajstić information content (AvgIpc) is 2.95. The molecule has 1 aromatic heterocycles. The lowest BCUT2D eigenvalue weighted by Crippen LogP contribution is -2.08. The number of ether oxygens (including phenoxy) is 1. The van der Waals surface area contributed by atoms with Crippen molar-refractivity contribution in [2.75, 3.05) is 7.11 Å². The summed E-state index contributed by atoms with van der Waals surface area (Å²) in [4.78, 5) is 36.8. The molecule has 1 aromatic carbocycles. The number of aromatic nitrogens is 3. The third-order valence-corrected chi connectivity index (χ3v) is 2.68. The summed E-state index contributed by atoms with van der Waals surface area (Å²) in [7, 11) is 1.19. The third-order valence-electron chi connectivity index (χ3n) is 2.68. The first-order valence-corrected chi connectivity index (χ1v) is 5.73. The quantitative estimate of drug-likeness (QED) is 0.359. The van der Waals surface area contributed by atoms with Crippen LogP contribution < -0.4 is 0 Å². The summed E-state index contributed by atoms with van der Waals surface area (Å²) in [5, 5.41) is 14.6. The Morgan fingerprint density at radius 2 is 2.10 bits per heavy atom. The Labute approximate surface area is 118 Å². The second kappa shape index (κ2) is 5.49. The number of nitrogens with zero attached hydrogens (tertiary/aromatic N) is 4. The zero-order valence-electron chi connectivity index (χ0n) is 11.1. The van der Waals surface area contributed by atoms with E-state index in [2.05, 4.69) is 14.8 Å². The van der Waals surface area contributed by atoms with E-state index in [-0.39, 0.29) is 28.5 Å². The van der Waals surface area contributed by atoms with Crippen LogP contribution in [0.4, 0.5) is 5.69 Å². The van der Waals surface area contributed by atoms with Gasteiger partial charge in [0, 0.05) is 17.7 Å². The molecular formula is C12H10N4O5. The summed E-state index contributed by atoms with van der Waals surface area (Å²) in [5.41, 5.74) is 0.179. The largest absolute Gasteiger partial charge is 0.463 e. The fourth-order valence-corrected chi connectivity index (χ4v) is 1.68. The maximum atomic E-state index is 11.6. The van der Waals surface area contributed by atoms with Crippen molar-refractivity contribution in [1.29, 1.82) is 0 Å². The number of nitro groups is 1. The maximum absolute atomic E-state index is 11.6. The summed E-state index contributed by atoms with van der Waals surface area (Å²) in [6, 6.07) is 3.75. The molecule has 108 valence electrons. The van der Waals surface area contributed by atoms with Crippen LogP contribution in [0, 0.1) is 10.1 Å². The van der Waals surface area contributed by atoms with Gasteiger partial charge in [-0.1, -0.05) is 0 Å². The van der Waals surface area contributed by atoms with Crippen molar-refractivity contribution in [1.82, 2.24) is 14.8 Å². The highest BCUT2D eigenvalue weighted by molar-refractivity contribution is 5.98. The van der Waals surface area contributed by atoms with Crippen molar-refractivity contribution in [2.45, 2.75) is 6.92 Å². The van der Waals surface area contributed by atoms with Crippen molar-refractivity contribution in [3.8, 4) is 5.69 Å². The Hall–Kier alpha value is -3.10. The Morgan fingerprint density at radius 1 is 1.38 bits per heavy atom. The van der Waals surface area contributed by atoms with Crippen LogP contribution in [-0.2, 0) is 4.74 Å². The molecule has 21 heavy (non-hydrogen) atoms. The van der Waals surface area contributed by atoms with E-state index in [4.69, 9.17) is 0 Å². The Kier molecular flexibility index (Phi) is 3.74. The fourth-order valence-electron chi connectivity index (χ4n) is 1.68. The van der Waals surface area contributed by atoms with Gasteiger partial charge in [-0.15, -0.1) is 5.10 Å². The Bertz CT molecular complexity index is 737. The molecule has 0 amide bonds. The molecule has 0 spiro atoms. The Balaban J connectivity index is 2.53. The summed E-state index contributed by atoms with van der Waals surface area (Å²) in [6.07, 6.45) is 1.22. The molecule has 0 aliphatic rings. The van der Waals surface area contributed by atoms with Crippen LogP contribution in [-0.4, -0.2) is 38.6 Å². The van der Waals surface area contributed by atoms with Gasteiger partial charge in [0.15, 0.2) is 5.78 Å². The molecule has 9 nitrogen and oxygen atoms in total. The van der Waals surface area contributed by atoms with Gasteiger partial charge in [-0.25, -0.2) is 14.5 Å². The predicted octanol–water partition coefficient (Wildman–Crippen LogP) is 1.16. The third kappa shape index (κ3) is 2.76. The van der Waals surface area contributed by atoms with Gasteiger partial charge in [0.25, 0.3) is 11.5 Å². The van der Waals surface area contributed by atoms with Crippen LogP contribution in [0.1, 0.15) is 27.9 Å². The van der Waals surface area contributed by atoms with E-state index in [0.717, 1.165) is 6.07 Å². The predicted molar refractivity (Wildman–Crippen MR) is 69.4 cm³/mol. The van der Waals surface area contributed by atoms with Crippen molar-refractivity contribution >= 4 is 17.4 Å². The summed E-state index contributed by atoms with van der Waals surface area (Å²) < 4.78 is 5.67. The molecule has 0 unspecified atom stereocenters. The van der Waals surface area contributed by atoms with E-state index >= 15 is 0 Å². The van der Waals surface area contributed by atoms with Gasteiger partial charge in [0.1, 0.15) is 6.33 Å². The monoisotopic (exact) mass is 290 g/mol. The standard InChI is InChI=1S/C12H10N4O5/c1-7(17)9-5-8(16(19)20)3-4-10(9)15-6-13-11(14-15)12(18)21-2/h3-6H,1-2H3. The summed E-state index contributed by atoms with van der Waals surface area (Å²) in [5.74, 6) is -1.27. The van der Waals surface area contributed by atoms with E-state index in [0.29, 0.717) is 0 Å². The molecule has 1 heterocycles. The van der Waals surface area contributed by atoms with Crippen molar-refractivity contribution < 1.29 is 19.2 Å². The highest BCUT2D eigenvalue weighted by Crippen LogP contribution is 2.21. The number of carbonyl (C=O) groups excluding carboxylic acids is 2. The van der Waals surface area contributed by atoms with E-state index in [1.54, 1.807) is 0 Å². The molecule has 0 aliphatic carbocycles. The number of hydrogen-bond acceptors (Lipinski definition) is 7. The smallest absolute Gasteiger partial charge is 0.377 e. The van der Waals surface area contributed by atoms with Crippen LogP contribution >= 0.6 is 0 Å². The van der Waals surface area contributed by atoms with Gasteiger partial charge in [0.2, 0.25) is 0 Å². The zero-order valence-corrected chi connectivity index (χ0v) is 11.1. The lowest BCUT2D eigenvalue weighted by molar-refractivity contribution is -0.384. The van der Waals surface area contributed by atoms with E-state index in [1.807, 2.05) is 0 Å². The molecule has 9 heteroatoms. The molecule has 0 bridgehead atoms. The molecule has 0 aliphatic heterocycles. The number of esters is 1. The minimum Gasteiger partial charge on any atom is -0.463 e. The lowest BCUT2D eigenvalue weighted by atomic mass is 10.1. The van der Waals surface area contributed by atoms with Gasteiger partial charge in [0.05, 0.1) is 17.7 Å². The summed E-state index contributed by atoms with van der Waals surface area (Å²) in [6.45, 7) is 1.28. The van der Waals surface area contributed by atoms with E-state index < -0.39 is 10.9 Å². The molecule has 0 saturated heterocycles. The van der Waals surface area contributed by atoms with Crippen LogP contribution in [0.5, 0.6) is 0 Å². The van der Waals surface area contributed by atoms with Crippen LogP contribution in [0.2, 0.25) is 0 Å². The number of non-ortho nitro benzene ring substituents is 1. The van der Waals surface area contributed by atoms with Crippen molar-refractivity contribution in [3.63, 3.8) is 0 Å². The SMILES string of the molecule is COC(=O)c1ncn(-c2ccc([N+](=O)[O-])cc2C(C)=O)n1. The Morgan fingerprint density at radius 3 is 2.67 bits per heavy atom. The first kappa shape index (κ1) is 14.3. The molecule has 0 atom stereocenters. The average molecular weight is 290 g/mol. The number of Topliss-reactive ketones (excluding diaryl/α,β-unsaturated/α-hetero) is 1. The lowest BCUT2D eigenvalue weighted by Gasteiger charge is -2.05.